The van der Waals surface area contributed by atoms with E-state index in [0.29, 0.717) is 26.2 Å². The Morgan fingerprint density at radius 3 is 2.87 bits per heavy atom. The van der Waals surface area contributed by atoms with Gasteiger partial charge in [-0.15, -0.1) is 0 Å². The van der Waals surface area contributed by atoms with Crippen LogP contribution < -0.4 is 0 Å². The second-order valence-electron chi connectivity index (χ2n) is 5.60. The molecule has 1 aliphatic rings. The molecule has 23 heavy (non-hydrogen) atoms. The molecule has 0 bridgehead atoms. The zero-order chi connectivity index (χ0) is 16.3. The van der Waals surface area contributed by atoms with Crippen LogP contribution in [0.1, 0.15) is 18.3 Å². The molecule has 6 nitrogen and oxygen atoms in total. The van der Waals surface area contributed by atoms with Crippen molar-refractivity contribution in [3.8, 4) is 0 Å². The van der Waals surface area contributed by atoms with E-state index in [1.165, 1.54) is 4.31 Å². The molecular formula is C16H21N3O3S. The number of nitrogens with zero attached hydrogens (tertiary/aromatic N) is 3. The first-order valence-electron chi connectivity index (χ1n) is 7.72. The highest BCUT2D eigenvalue weighted by atomic mass is 32.2. The van der Waals surface area contributed by atoms with E-state index in [0.717, 1.165) is 11.4 Å². The topological polar surface area (TPSA) is 64.4 Å². The quantitative estimate of drug-likeness (QED) is 0.833. The summed E-state index contributed by atoms with van der Waals surface area (Å²) >= 11 is 0. The molecule has 0 spiro atoms. The Morgan fingerprint density at radius 1 is 1.26 bits per heavy atom. The van der Waals surface area contributed by atoms with Crippen molar-refractivity contribution in [3.05, 3.63) is 54.1 Å². The molecule has 1 aliphatic heterocycles. The summed E-state index contributed by atoms with van der Waals surface area (Å²) in [5, 5.41) is 0. The molecule has 2 aromatic rings. The molecule has 3 heterocycles. The number of hydrogen-bond donors (Lipinski definition) is 0. The van der Waals surface area contributed by atoms with E-state index in [2.05, 4.69) is 9.55 Å². The number of aromatic nitrogens is 2. The summed E-state index contributed by atoms with van der Waals surface area (Å²) in [4.78, 5) is 4.24. The predicted octanol–water partition coefficient (Wildman–Crippen LogP) is 1.63. The smallest absolute Gasteiger partial charge is 0.214 e. The third-order valence-corrected chi connectivity index (χ3v) is 5.82. The van der Waals surface area contributed by atoms with Gasteiger partial charge in [0.25, 0.3) is 0 Å². The van der Waals surface area contributed by atoms with Crippen LogP contribution in [0.2, 0.25) is 0 Å². The molecule has 0 aliphatic carbocycles. The Kier molecular flexibility index (Phi) is 4.79. The number of pyridine rings is 1. The van der Waals surface area contributed by atoms with Gasteiger partial charge in [0.1, 0.15) is 0 Å². The van der Waals surface area contributed by atoms with Crippen LogP contribution >= 0.6 is 0 Å². The zero-order valence-electron chi connectivity index (χ0n) is 13.1. The summed E-state index contributed by atoms with van der Waals surface area (Å²) in [6.45, 7) is 3.45. The SMILES string of the molecule is CCS(=O)(=O)N1Cc2cccn2C[C@@H](OCc2ccccn2)C1. The zero-order valence-corrected chi connectivity index (χ0v) is 13.9. The highest BCUT2D eigenvalue weighted by molar-refractivity contribution is 7.89. The van der Waals surface area contributed by atoms with Crippen LogP contribution in [-0.4, -0.2) is 40.7 Å². The molecule has 124 valence electrons. The Hall–Kier alpha value is -1.70. The van der Waals surface area contributed by atoms with E-state index in [1.807, 2.05) is 36.5 Å². The standard InChI is InChI=1S/C16H21N3O3S/c1-2-23(20,21)19-10-15-7-5-9-18(15)11-16(12-19)22-13-14-6-3-4-8-17-14/h3-9,16H,2,10-13H2,1H3/t16-/m1/s1. The van der Waals surface area contributed by atoms with Gasteiger partial charge < -0.3 is 9.30 Å². The fraction of sp³-hybridized carbons (Fsp3) is 0.438. The van der Waals surface area contributed by atoms with Gasteiger partial charge in [-0.2, -0.15) is 4.31 Å². The van der Waals surface area contributed by atoms with Crippen molar-refractivity contribution in [1.29, 1.82) is 0 Å². The highest BCUT2D eigenvalue weighted by Crippen LogP contribution is 2.19. The molecule has 1 atom stereocenters. The van der Waals surface area contributed by atoms with Crippen LogP contribution in [0.5, 0.6) is 0 Å². The van der Waals surface area contributed by atoms with E-state index in [-0.39, 0.29) is 11.9 Å². The molecule has 0 unspecified atom stereocenters. The summed E-state index contributed by atoms with van der Waals surface area (Å²) in [6, 6.07) is 9.57. The molecule has 0 saturated heterocycles. The van der Waals surface area contributed by atoms with Gasteiger partial charge in [-0.25, -0.2) is 8.42 Å². The van der Waals surface area contributed by atoms with Crippen molar-refractivity contribution < 1.29 is 13.2 Å². The highest BCUT2D eigenvalue weighted by Gasteiger charge is 2.29. The lowest BCUT2D eigenvalue weighted by Gasteiger charge is -2.23. The summed E-state index contributed by atoms with van der Waals surface area (Å²) in [5.74, 6) is 0.0979. The molecule has 0 fully saturated rings. The number of sulfonamides is 1. The number of ether oxygens (including phenoxy) is 1. The average molecular weight is 335 g/mol. The molecular weight excluding hydrogens is 314 g/mol. The Balaban J connectivity index is 1.77. The third-order valence-electron chi connectivity index (χ3n) is 4.02. The van der Waals surface area contributed by atoms with E-state index < -0.39 is 10.0 Å². The van der Waals surface area contributed by atoms with Crippen LogP contribution in [0.15, 0.2) is 42.7 Å². The molecule has 0 N–H and O–H groups in total. The van der Waals surface area contributed by atoms with Crippen molar-refractivity contribution >= 4 is 10.0 Å². The first kappa shape index (κ1) is 16.2. The molecule has 2 aromatic heterocycles. The first-order valence-corrected chi connectivity index (χ1v) is 9.33. The van der Waals surface area contributed by atoms with Crippen molar-refractivity contribution in [2.24, 2.45) is 0 Å². The van der Waals surface area contributed by atoms with Gasteiger partial charge in [0.05, 0.1) is 30.7 Å². The first-order chi connectivity index (χ1) is 11.1. The summed E-state index contributed by atoms with van der Waals surface area (Å²) in [7, 11) is -3.26. The minimum Gasteiger partial charge on any atom is -0.369 e. The lowest BCUT2D eigenvalue weighted by atomic mass is 10.3. The van der Waals surface area contributed by atoms with Gasteiger partial charge in [0.15, 0.2) is 0 Å². The minimum atomic E-state index is -3.26. The van der Waals surface area contributed by atoms with Gasteiger partial charge >= 0.3 is 0 Å². The number of rotatable bonds is 5. The molecule has 0 radical (unpaired) electrons. The van der Waals surface area contributed by atoms with E-state index in [1.54, 1.807) is 13.1 Å². The number of hydrogen-bond acceptors (Lipinski definition) is 4. The maximum atomic E-state index is 12.3. The van der Waals surface area contributed by atoms with Crippen LogP contribution in [0, 0.1) is 0 Å². The van der Waals surface area contributed by atoms with Gasteiger partial charge in [0.2, 0.25) is 10.0 Å². The van der Waals surface area contributed by atoms with E-state index in [9.17, 15) is 8.42 Å². The Morgan fingerprint density at radius 2 is 2.13 bits per heavy atom. The van der Waals surface area contributed by atoms with E-state index in [4.69, 9.17) is 4.74 Å². The molecule has 0 saturated carbocycles. The monoisotopic (exact) mass is 335 g/mol. The Bertz CT molecular complexity index is 743. The van der Waals surface area contributed by atoms with Crippen LogP contribution in [0.4, 0.5) is 0 Å². The lowest BCUT2D eigenvalue weighted by molar-refractivity contribution is 0.0207. The summed E-state index contributed by atoms with van der Waals surface area (Å²) < 4.78 is 34.2. The molecule has 0 amide bonds. The maximum Gasteiger partial charge on any atom is 0.214 e. The maximum absolute atomic E-state index is 12.3. The molecule has 7 heteroatoms. The van der Waals surface area contributed by atoms with Crippen molar-refractivity contribution in [2.45, 2.75) is 32.7 Å². The fourth-order valence-corrected chi connectivity index (χ4v) is 3.79. The van der Waals surface area contributed by atoms with Gasteiger partial charge in [-0.1, -0.05) is 6.07 Å². The summed E-state index contributed by atoms with van der Waals surface area (Å²) in [6.07, 6.45) is 3.49. The molecule has 0 aromatic carbocycles. The second kappa shape index (κ2) is 6.82. The lowest BCUT2D eigenvalue weighted by Crippen LogP contribution is -2.38. The van der Waals surface area contributed by atoms with Crippen LogP contribution in [0.3, 0.4) is 0 Å². The summed E-state index contributed by atoms with van der Waals surface area (Å²) in [5.41, 5.74) is 1.83. The van der Waals surface area contributed by atoms with Gasteiger partial charge in [-0.3, -0.25) is 4.98 Å². The Labute approximate surface area is 136 Å². The third kappa shape index (κ3) is 3.80. The molecule has 3 rings (SSSR count). The normalized spacial score (nSPS) is 19.3. The largest absolute Gasteiger partial charge is 0.369 e. The van der Waals surface area contributed by atoms with Crippen molar-refractivity contribution in [1.82, 2.24) is 13.9 Å². The van der Waals surface area contributed by atoms with Crippen LogP contribution in [0.25, 0.3) is 0 Å². The number of fused-ring (bicyclic) bond motifs is 1. The predicted molar refractivity (Wildman–Crippen MR) is 87.1 cm³/mol. The van der Waals surface area contributed by atoms with Crippen molar-refractivity contribution in [3.63, 3.8) is 0 Å². The average Bonchev–Trinajstić information content (AvgIpc) is 2.91. The minimum absolute atomic E-state index is 0.0979. The second-order valence-corrected chi connectivity index (χ2v) is 7.86. The van der Waals surface area contributed by atoms with Crippen molar-refractivity contribution in [2.75, 3.05) is 12.3 Å². The van der Waals surface area contributed by atoms with Gasteiger partial charge in [0, 0.05) is 31.2 Å². The van der Waals surface area contributed by atoms with Gasteiger partial charge in [-0.05, 0) is 31.2 Å². The fourth-order valence-electron chi connectivity index (χ4n) is 2.71. The van der Waals surface area contributed by atoms with E-state index >= 15 is 0 Å². The van der Waals surface area contributed by atoms with Crippen LogP contribution in [-0.2, 0) is 34.5 Å².